The predicted molar refractivity (Wildman–Crippen MR) is 231 cm³/mol. The van der Waals surface area contributed by atoms with Gasteiger partial charge in [-0.2, -0.15) is 5.06 Å². The van der Waals surface area contributed by atoms with Gasteiger partial charge in [-0.3, -0.25) is 38.6 Å². The van der Waals surface area contributed by atoms with E-state index in [2.05, 4.69) is 32.9 Å². The molecule has 0 aromatic carbocycles. The van der Waals surface area contributed by atoms with Gasteiger partial charge in [0.25, 0.3) is 5.56 Å². The molecule has 61 heavy (non-hydrogen) atoms. The first-order chi connectivity index (χ1) is 29.4. The molecule has 19 nitrogen and oxygen atoms in total. The first kappa shape index (κ1) is 49.8. The lowest BCUT2D eigenvalue weighted by molar-refractivity contribution is -0.204. The Hall–Kier alpha value is -3.88. The zero-order chi connectivity index (χ0) is 44.3. The molecule has 19 heteroatoms. The number of unbranched alkanes of at least 4 members (excludes halogenated alkanes) is 11. The lowest BCUT2D eigenvalue weighted by Crippen LogP contribution is -2.52. The normalized spacial score (nSPS) is 26.2. The highest BCUT2D eigenvalue weighted by atomic mass is 16.7. The monoisotopic (exact) mass is 863 g/mol. The third-order valence-electron chi connectivity index (χ3n) is 12.2. The molecule has 3 aliphatic heterocycles. The maximum atomic E-state index is 14.1. The number of nitrogens with zero attached hydrogens (tertiary/aromatic N) is 3. The highest BCUT2D eigenvalue weighted by molar-refractivity contribution is 5.88. The molecule has 1 unspecified atom stereocenters. The maximum absolute atomic E-state index is 14.1. The zero-order valence-corrected chi connectivity index (χ0v) is 36.3. The molecule has 0 spiro atoms. The largest absolute Gasteiger partial charge is 0.387 e. The van der Waals surface area contributed by atoms with Crippen LogP contribution in [-0.2, 0) is 24.0 Å². The number of carbonyl (C=O) groups excluding carboxylic acids is 3. The van der Waals surface area contributed by atoms with Crippen LogP contribution >= 0.6 is 0 Å². The lowest BCUT2D eigenvalue weighted by atomic mass is 9.87. The molecular weight excluding hydrogens is 789 g/mol. The van der Waals surface area contributed by atoms with Crippen molar-refractivity contribution in [2.45, 2.75) is 178 Å². The van der Waals surface area contributed by atoms with E-state index in [0.29, 0.717) is 58.2 Å². The molecule has 12 N–H and O–H groups in total. The molecule has 4 heterocycles. The summed E-state index contributed by atoms with van der Waals surface area (Å²) in [6, 6.07) is -0.549. The summed E-state index contributed by atoms with van der Waals surface area (Å²) in [5.74, 6) is -2.14. The Morgan fingerprint density at radius 3 is 2.21 bits per heavy atom. The van der Waals surface area contributed by atoms with Crippen molar-refractivity contribution in [3.05, 3.63) is 33.1 Å². The fourth-order valence-corrected chi connectivity index (χ4v) is 8.64. The molecule has 3 fully saturated rings. The van der Waals surface area contributed by atoms with E-state index in [1.165, 1.54) is 57.6 Å². The Labute approximate surface area is 359 Å². The Morgan fingerprint density at radius 2 is 1.57 bits per heavy atom. The first-order valence-electron chi connectivity index (χ1n) is 22.8. The summed E-state index contributed by atoms with van der Waals surface area (Å²) in [6.45, 7) is 5.34. The van der Waals surface area contributed by atoms with Crippen LogP contribution in [0.5, 0.6) is 0 Å². The number of ether oxygens (including phenoxy) is 1. The Bertz CT molecular complexity index is 1650. The first-order valence-corrected chi connectivity index (χ1v) is 22.8. The molecule has 10 atom stereocenters. The van der Waals surface area contributed by atoms with E-state index < -0.39 is 65.9 Å². The number of aliphatic hydroxyl groups is 2. The number of H-pyrrole nitrogens is 1. The summed E-state index contributed by atoms with van der Waals surface area (Å²) in [7, 11) is 0. The van der Waals surface area contributed by atoms with E-state index in [1.54, 1.807) is 5.06 Å². The summed E-state index contributed by atoms with van der Waals surface area (Å²) in [6.07, 6.45) is 11.8. The molecule has 1 aromatic rings. The summed E-state index contributed by atoms with van der Waals surface area (Å²) >= 11 is 0. The number of fused-ring (bicyclic) bond motifs is 1. The molecule has 0 aliphatic carbocycles. The second kappa shape index (κ2) is 25.9. The summed E-state index contributed by atoms with van der Waals surface area (Å²) in [5, 5.41) is 32.9. The van der Waals surface area contributed by atoms with Gasteiger partial charge in [-0.05, 0) is 45.1 Å². The topological polar surface area (TPSA) is 295 Å². The van der Waals surface area contributed by atoms with Crippen LogP contribution < -0.4 is 44.4 Å². The number of rotatable bonds is 27. The highest BCUT2D eigenvalue weighted by Gasteiger charge is 2.58. The number of aromatic amines is 1. The summed E-state index contributed by atoms with van der Waals surface area (Å²) in [5.41, 5.74) is 15.2. The zero-order valence-electron chi connectivity index (χ0n) is 36.3. The molecule has 346 valence electrons. The van der Waals surface area contributed by atoms with Crippen LogP contribution in [0.4, 0.5) is 0 Å². The van der Waals surface area contributed by atoms with Crippen LogP contribution in [0.15, 0.2) is 26.8 Å². The molecule has 4 rings (SSSR count). The van der Waals surface area contributed by atoms with Gasteiger partial charge in [-0.15, -0.1) is 0 Å². The van der Waals surface area contributed by atoms with Gasteiger partial charge in [-0.1, -0.05) is 90.9 Å². The fourth-order valence-electron chi connectivity index (χ4n) is 8.64. The van der Waals surface area contributed by atoms with E-state index in [1.807, 2.05) is 6.92 Å². The van der Waals surface area contributed by atoms with Crippen molar-refractivity contribution in [3.63, 3.8) is 0 Å². The van der Waals surface area contributed by atoms with Gasteiger partial charge in [0.1, 0.15) is 30.5 Å². The summed E-state index contributed by atoms with van der Waals surface area (Å²) < 4.78 is 7.02. The molecule has 3 amide bonds. The van der Waals surface area contributed by atoms with Crippen LogP contribution in [0, 0.1) is 11.8 Å². The molecule has 0 bridgehead atoms. The minimum absolute atomic E-state index is 0.000688. The van der Waals surface area contributed by atoms with Crippen molar-refractivity contribution >= 4 is 23.7 Å². The molecule has 0 radical (unpaired) electrons. The second-order valence-electron chi connectivity index (χ2n) is 17.1. The Balaban J connectivity index is 1.36. The number of aliphatic imine (C=N–C) groups is 1. The number of aliphatic hydroxyl groups excluding tert-OH is 2. The van der Waals surface area contributed by atoms with E-state index in [4.69, 9.17) is 26.8 Å². The van der Waals surface area contributed by atoms with E-state index in [9.17, 15) is 34.2 Å². The quantitative estimate of drug-likeness (QED) is 0.0336. The molecule has 0 saturated carbocycles. The van der Waals surface area contributed by atoms with Crippen molar-refractivity contribution in [1.82, 2.24) is 30.6 Å². The number of hydroxylamine groups is 2. The number of carbonyl (C=O) groups is 3. The average Bonchev–Trinajstić information content (AvgIpc) is 3.67. The fraction of sp³-hybridized carbons (Fsp3) is 0.810. The smallest absolute Gasteiger partial charge is 0.330 e. The molecular formula is C42H74N10O9. The number of hydrogen-bond donors (Lipinski definition) is 9. The van der Waals surface area contributed by atoms with Gasteiger partial charge in [0.2, 0.25) is 17.7 Å². The maximum Gasteiger partial charge on any atom is 0.330 e. The molecule has 3 saturated heterocycles. The van der Waals surface area contributed by atoms with Gasteiger partial charge in [0.15, 0.2) is 12.2 Å². The third-order valence-corrected chi connectivity index (χ3v) is 12.2. The van der Waals surface area contributed by atoms with Gasteiger partial charge in [-0.25, -0.2) is 4.79 Å². The predicted octanol–water partition coefficient (Wildman–Crippen LogP) is 0.766. The standard InChI is InChI=1S/C42H74N10O9/c1-3-4-5-6-7-8-9-10-11-12-13-14-18-29(49-37(56)27(2)17-15-23-46-41(44)45)38(57)47-26-28-19-20-30-32(39(58)48-28)35(61-52(30)24-16-22-43)36-33(54)34(55)40(60-36)51-25-21-31(53)50-42(51)59/h21,25,27-30,32-36,40,54-55H,3-20,22-24,26,43H2,1-2H3,(H,47,57)(H,48,58)(H,49,56)(H4,44,45,46)(H,50,53,59)/t27?,28-,29+,30-,32+,33-,34+,35+,36-,40+/m0/s1. The number of nitrogens with two attached hydrogens (primary N) is 3. The lowest BCUT2D eigenvalue weighted by Gasteiger charge is -2.26. The van der Waals surface area contributed by atoms with Gasteiger partial charge < -0.3 is 48.1 Å². The number of guanidine groups is 1. The molecule has 3 aliphatic rings. The minimum Gasteiger partial charge on any atom is -0.387 e. The van der Waals surface area contributed by atoms with Gasteiger partial charge in [0, 0.05) is 49.9 Å². The van der Waals surface area contributed by atoms with Crippen LogP contribution in [0.25, 0.3) is 0 Å². The van der Waals surface area contributed by atoms with Crippen molar-refractivity contribution in [2.24, 2.45) is 34.0 Å². The Kier molecular flexibility index (Phi) is 21.1. The number of aromatic nitrogens is 2. The van der Waals surface area contributed by atoms with Crippen LogP contribution in [-0.4, -0.2) is 117 Å². The number of hydrogen-bond acceptors (Lipinski definition) is 12. The van der Waals surface area contributed by atoms with E-state index in [-0.39, 0.29) is 36.1 Å². The summed E-state index contributed by atoms with van der Waals surface area (Å²) in [4.78, 5) is 77.8. The van der Waals surface area contributed by atoms with Crippen LogP contribution in [0.2, 0.25) is 0 Å². The van der Waals surface area contributed by atoms with Crippen molar-refractivity contribution in [2.75, 3.05) is 26.2 Å². The van der Waals surface area contributed by atoms with E-state index >= 15 is 0 Å². The van der Waals surface area contributed by atoms with Crippen molar-refractivity contribution in [3.8, 4) is 0 Å². The SMILES string of the molecule is CCCCCCCCCCCCCC[C@@H](NC(=O)C(C)CCCN=C(N)N)C(=O)NC[C@@H]1CC[C@H]2[C@@H](C(=O)N1)[C@H]([C@H]1O[C@@H](n3ccc(=O)[nH]c3=O)[C@H](O)[C@@H]1O)ON2CCCN. The van der Waals surface area contributed by atoms with Crippen molar-refractivity contribution in [1.29, 1.82) is 0 Å². The third kappa shape index (κ3) is 15.2. The minimum atomic E-state index is -1.57. The Morgan fingerprint density at radius 1 is 0.902 bits per heavy atom. The van der Waals surface area contributed by atoms with E-state index in [0.717, 1.165) is 36.3 Å². The highest BCUT2D eigenvalue weighted by Crippen LogP contribution is 2.41. The van der Waals surface area contributed by atoms with Crippen LogP contribution in [0.3, 0.4) is 0 Å². The second-order valence-corrected chi connectivity index (χ2v) is 17.1. The molecule has 1 aromatic heterocycles. The number of amides is 3. The number of nitrogens with one attached hydrogen (secondary N) is 4. The van der Waals surface area contributed by atoms with Crippen molar-refractivity contribution < 1.29 is 34.2 Å². The average molecular weight is 863 g/mol. The van der Waals surface area contributed by atoms with Gasteiger partial charge in [0.05, 0.1) is 5.92 Å². The van der Waals surface area contributed by atoms with Gasteiger partial charge >= 0.3 is 5.69 Å². The van der Waals surface area contributed by atoms with Crippen LogP contribution in [0.1, 0.15) is 136 Å².